The molecule has 0 aliphatic heterocycles. The first-order chi connectivity index (χ1) is 8.83. The highest BCUT2D eigenvalue weighted by atomic mass is 16.4. The predicted molar refractivity (Wildman–Crippen MR) is 70.8 cm³/mol. The molecule has 0 fully saturated rings. The summed E-state index contributed by atoms with van der Waals surface area (Å²) in [6.45, 7) is 3.40. The van der Waals surface area contributed by atoms with E-state index >= 15 is 0 Å². The van der Waals surface area contributed by atoms with E-state index in [0.717, 1.165) is 5.56 Å². The maximum atomic E-state index is 11.8. The third-order valence-corrected chi connectivity index (χ3v) is 2.79. The summed E-state index contributed by atoms with van der Waals surface area (Å²) in [4.78, 5) is 28.1. The van der Waals surface area contributed by atoms with Crippen LogP contribution in [0.1, 0.15) is 19.4 Å². The molecule has 19 heavy (non-hydrogen) atoms. The van der Waals surface area contributed by atoms with Gasteiger partial charge in [-0.2, -0.15) is 0 Å². The van der Waals surface area contributed by atoms with Crippen molar-refractivity contribution in [3.8, 4) is 0 Å². The number of likely N-dealkylation sites (N-methyl/N-ethyl adjacent to an activating group) is 1. The molecular formula is C13H19N3O3. The lowest BCUT2D eigenvalue weighted by Gasteiger charge is -2.25. The highest BCUT2D eigenvalue weighted by Crippen LogP contribution is 2.04. The zero-order chi connectivity index (χ0) is 14.5. The van der Waals surface area contributed by atoms with E-state index in [9.17, 15) is 9.59 Å². The van der Waals surface area contributed by atoms with Crippen LogP contribution in [0.3, 0.4) is 0 Å². The molecule has 1 heterocycles. The minimum absolute atomic E-state index is 0.401. The Hall–Kier alpha value is -2.11. The van der Waals surface area contributed by atoms with Crippen molar-refractivity contribution < 1.29 is 14.7 Å². The maximum Gasteiger partial charge on any atom is 0.328 e. The summed E-state index contributed by atoms with van der Waals surface area (Å²) in [7, 11) is 1.63. The third-order valence-electron chi connectivity index (χ3n) is 2.79. The predicted octanol–water partition coefficient (Wildman–Crippen LogP) is 1.13. The topological polar surface area (TPSA) is 82.5 Å². The summed E-state index contributed by atoms with van der Waals surface area (Å²) in [5, 5.41) is 11.4. The molecule has 0 aliphatic rings. The largest absolute Gasteiger partial charge is 0.480 e. The molecular weight excluding hydrogens is 246 g/mol. The van der Waals surface area contributed by atoms with Crippen molar-refractivity contribution in [2.24, 2.45) is 0 Å². The van der Waals surface area contributed by atoms with Crippen molar-refractivity contribution in [1.82, 2.24) is 15.2 Å². The van der Waals surface area contributed by atoms with Crippen molar-refractivity contribution >= 4 is 12.0 Å². The fourth-order valence-electron chi connectivity index (χ4n) is 1.36. The number of carboxylic acid groups (broad SMARTS) is 1. The summed E-state index contributed by atoms with van der Waals surface area (Å²) >= 11 is 0. The van der Waals surface area contributed by atoms with Gasteiger partial charge in [-0.05, 0) is 38.0 Å². The van der Waals surface area contributed by atoms with Crippen LogP contribution < -0.4 is 5.32 Å². The van der Waals surface area contributed by atoms with E-state index in [-0.39, 0.29) is 0 Å². The summed E-state index contributed by atoms with van der Waals surface area (Å²) < 4.78 is 0. The second-order valence-electron chi connectivity index (χ2n) is 4.89. The number of aliphatic carboxylic acids is 1. The number of aromatic nitrogens is 1. The molecule has 0 bridgehead atoms. The number of amides is 2. The molecule has 1 aromatic heterocycles. The van der Waals surface area contributed by atoms with Crippen LogP contribution in [0, 0.1) is 0 Å². The van der Waals surface area contributed by atoms with Crippen LogP contribution in [0.25, 0.3) is 0 Å². The molecule has 0 unspecified atom stereocenters. The SMILES string of the molecule is CN(CCc1ccncc1)C(=O)NC(C)(C)C(=O)O. The summed E-state index contributed by atoms with van der Waals surface area (Å²) in [6.07, 6.45) is 4.09. The lowest BCUT2D eigenvalue weighted by Crippen LogP contribution is -2.53. The molecule has 0 radical (unpaired) electrons. The van der Waals surface area contributed by atoms with E-state index < -0.39 is 17.5 Å². The van der Waals surface area contributed by atoms with E-state index in [0.29, 0.717) is 13.0 Å². The van der Waals surface area contributed by atoms with Gasteiger partial charge in [-0.25, -0.2) is 9.59 Å². The third kappa shape index (κ3) is 4.57. The molecule has 0 spiro atoms. The first-order valence-electron chi connectivity index (χ1n) is 5.98. The Morgan fingerprint density at radius 1 is 1.37 bits per heavy atom. The number of carbonyl (C=O) groups is 2. The van der Waals surface area contributed by atoms with Crippen molar-refractivity contribution in [2.45, 2.75) is 25.8 Å². The quantitative estimate of drug-likeness (QED) is 0.836. The zero-order valence-electron chi connectivity index (χ0n) is 11.4. The van der Waals surface area contributed by atoms with Gasteiger partial charge < -0.3 is 15.3 Å². The lowest BCUT2D eigenvalue weighted by molar-refractivity contribution is -0.143. The van der Waals surface area contributed by atoms with E-state index in [1.807, 2.05) is 12.1 Å². The average Bonchev–Trinajstić information content (AvgIpc) is 2.36. The molecule has 1 rings (SSSR count). The number of rotatable bonds is 5. The maximum absolute atomic E-state index is 11.8. The molecule has 6 heteroatoms. The number of pyridine rings is 1. The number of nitrogens with one attached hydrogen (secondary N) is 1. The minimum Gasteiger partial charge on any atom is -0.480 e. The highest BCUT2D eigenvalue weighted by Gasteiger charge is 2.29. The van der Waals surface area contributed by atoms with E-state index in [1.54, 1.807) is 19.4 Å². The van der Waals surface area contributed by atoms with E-state index in [2.05, 4.69) is 10.3 Å². The van der Waals surface area contributed by atoms with Crippen molar-refractivity contribution in [3.05, 3.63) is 30.1 Å². The summed E-state index contributed by atoms with van der Waals surface area (Å²) in [5.74, 6) is -1.07. The molecule has 0 atom stereocenters. The van der Waals surface area contributed by atoms with Gasteiger partial charge in [0.25, 0.3) is 0 Å². The molecule has 0 saturated heterocycles. The number of nitrogens with zero attached hydrogens (tertiary/aromatic N) is 2. The molecule has 0 aromatic carbocycles. The second-order valence-corrected chi connectivity index (χ2v) is 4.89. The fourth-order valence-corrected chi connectivity index (χ4v) is 1.36. The van der Waals surface area contributed by atoms with Crippen LogP contribution in [0.5, 0.6) is 0 Å². The molecule has 1 aromatic rings. The van der Waals surface area contributed by atoms with Gasteiger partial charge in [0.2, 0.25) is 0 Å². The molecule has 0 aliphatic carbocycles. The molecule has 6 nitrogen and oxygen atoms in total. The number of hydrogen-bond donors (Lipinski definition) is 2. The lowest BCUT2D eigenvalue weighted by atomic mass is 10.1. The number of carboxylic acids is 1. The molecule has 0 saturated carbocycles. The molecule has 2 N–H and O–H groups in total. The monoisotopic (exact) mass is 265 g/mol. The van der Waals surface area contributed by atoms with E-state index in [4.69, 9.17) is 5.11 Å². The van der Waals surface area contributed by atoms with Crippen LogP contribution in [-0.4, -0.2) is 46.1 Å². The summed E-state index contributed by atoms with van der Waals surface area (Å²) in [6, 6.07) is 3.36. The van der Waals surface area contributed by atoms with Crippen molar-refractivity contribution in [2.75, 3.05) is 13.6 Å². The first kappa shape index (κ1) is 14.9. The Morgan fingerprint density at radius 3 is 2.47 bits per heavy atom. The normalized spacial score (nSPS) is 10.9. The smallest absolute Gasteiger partial charge is 0.328 e. The number of hydrogen-bond acceptors (Lipinski definition) is 3. The molecule has 104 valence electrons. The van der Waals surface area contributed by atoms with Crippen LogP contribution in [0.2, 0.25) is 0 Å². The Kier molecular flexibility index (Phi) is 4.86. The highest BCUT2D eigenvalue weighted by molar-refractivity contribution is 5.85. The van der Waals surface area contributed by atoms with Gasteiger partial charge in [0.1, 0.15) is 5.54 Å². The Labute approximate surface area is 112 Å². The minimum atomic E-state index is -1.28. The Bertz CT molecular complexity index is 446. The van der Waals surface area contributed by atoms with Crippen molar-refractivity contribution in [3.63, 3.8) is 0 Å². The van der Waals surface area contributed by atoms with Gasteiger partial charge in [-0.1, -0.05) is 0 Å². The first-order valence-corrected chi connectivity index (χ1v) is 5.98. The standard InChI is InChI=1S/C13H19N3O3/c1-13(2,11(17)18)15-12(19)16(3)9-6-10-4-7-14-8-5-10/h4-5,7-8H,6,9H2,1-3H3,(H,15,19)(H,17,18). The number of carbonyl (C=O) groups excluding carboxylic acids is 1. The van der Waals surface area contributed by atoms with Crippen molar-refractivity contribution in [1.29, 1.82) is 0 Å². The van der Waals surface area contributed by atoms with Crippen LogP contribution in [-0.2, 0) is 11.2 Å². The molecule has 2 amide bonds. The van der Waals surface area contributed by atoms with Gasteiger partial charge in [0, 0.05) is 26.0 Å². The fraction of sp³-hybridized carbons (Fsp3) is 0.462. The van der Waals surface area contributed by atoms with Gasteiger partial charge in [-0.3, -0.25) is 4.98 Å². The number of urea groups is 1. The van der Waals surface area contributed by atoms with Crippen LogP contribution in [0.15, 0.2) is 24.5 Å². The van der Waals surface area contributed by atoms with Crippen LogP contribution >= 0.6 is 0 Å². The summed E-state index contributed by atoms with van der Waals surface area (Å²) in [5.41, 5.74) is -0.200. The Morgan fingerprint density at radius 2 is 1.95 bits per heavy atom. The average molecular weight is 265 g/mol. The van der Waals surface area contributed by atoms with Gasteiger partial charge in [0.05, 0.1) is 0 Å². The van der Waals surface area contributed by atoms with E-state index in [1.165, 1.54) is 18.7 Å². The second kappa shape index (κ2) is 6.17. The van der Waals surface area contributed by atoms with Gasteiger partial charge in [0.15, 0.2) is 0 Å². The Balaban J connectivity index is 2.48. The van der Waals surface area contributed by atoms with Gasteiger partial charge >= 0.3 is 12.0 Å². The zero-order valence-corrected chi connectivity index (χ0v) is 11.4. The van der Waals surface area contributed by atoms with Crippen LogP contribution in [0.4, 0.5) is 4.79 Å². The van der Waals surface area contributed by atoms with Gasteiger partial charge in [-0.15, -0.1) is 0 Å².